The highest BCUT2D eigenvalue weighted by molar-refractivity contribution is 14.1. The van der Waals surface area contributed by atoms with Gasteiger partial charge in [-0.05, 0) is 55.0 Å². The van der Waals surface area contributed by atoms with Crippen molar-refractivity contribution in [2.45, 2.75) is 36.8 Å². The predicted octanol–water partition coefficient (Wildman–Crippen LogP) is 5.49. The molecule has 1 aromatic heterocycles. The maximum absolute atomic E-state index is 6.24. The molecule has 3 heteroatoms. The Morgan fingerprint density at radius 1 is 1.00 bits per heavy atom. The van der Waals surface area contributed by atoms with Crippen molar-refractivity contribution in [2.75, 3.05) is 0 Å². The quantitative estimate of drug-likeness (QED) is 0.405. The lowest BCUT2D eigenvalue weighted by atomic mass is 9.91. The number of alkyl halides is 1. The second kappa shape index (κ2) is 6.56. The molecule has 0 unspecified atom stereocenters. The molecule has 0 amide bonds. The summed E-state index contributed by atoms with van der Waals surface area (Å²) in [6.45, 7) is 0.633. The highest BCUT2D eigenvalue weighted by Crippen LogP contribution is 2.30. The van der Waals surface area contributed by atoms with E-state index in [0.29, 0.717) is 6.61 Å². The Morgan fingerprint density at radius 2 is 1.87 bits per heavy atom. The molecule has 1 aliphatic carbocycles. The van der Waals surface area contributed by atoms with Gasteiger partial charge in [0.1, 0.15) is 12.4 Å². The molecule has 0 bridgehead atoms. The van der Waals surface area contributed by atoms with Crippen molar-refractivity contribution in [1.29, 1.82) is 0 Å². The summed E-state index contributed by atoms with van der Waals surface area (Å²) in [5.74, 6) is 1.08. The normalized spacial score (nSPS) is 14.0. The highest BCUT2D eigenvalue weighted by atomic mass is 127. The lowest BCUT2D eigenvalue weighted by Crippen LogP contribution is -2.08. The maximum atomic E-state index is 6.24. The summed E-state index contributed by atoms with van der Waals surface area (Å²) in [5.41, 5.74) is 5.43. The van der Waals surface area contributed by atoms with E-state index in [0.717, 1.165) is 16.7 Å². The Kier molecular flexibility index (Phi) is 4.29. The Bertz CT molecular complexity index is 837. The third-order valence-electron chi connectivity index (χ3n) is 4.74. The Morgan fingerprint density at radius 3 is 2.78 bits per heavy atom. The first-order valence-electron chi connectivity index (χ1n) is 8.23. The van der Waals surface area contributed by atoms with Crippen molar-refractivity contribution in [2.24, 2.45) is 0 Å². The minimum absolute atomic E-state index is 0.633. The zero-order valence-electron chi connectivity index (χ0n) is 13.1. The number of hydrogen-bond acceptors (Lipinski definition) is 1. The number of benzene rings is 2. The number of aromatic nitrogens is 1. The summed E-state index contributed by atoms with van der Waals surface area (Å²) in [6, 6.07) is 17.3. The average molecular weight is 417 g/mol. The van der Waals surface area contributed by atoms with Crippen LogP contribution in [0, 0.1) is 0 Å². The van der Waals surface area contributed by atoms with Gasteiger partial charge in [0.15, 0.2) is 0 Å². The standard InChI is InChI=1S/C20H20INO/c21-14-22-17(12-16-7-2-4-10-19(16)22)13-23-20-11-5-8-15-6-1-3-9-18(15)20/h2,4-5,7-8,10-12H,1,3,6,9,13-14H2. The largest absolute Gasteiger partial charge is 0.487 e. The molecule has 0 radical (unpaired) electrons. The first-order chi connectivity index (χ1) is 11.4. The van der Waals surface area contributed by atoms with Crippen LogP contribution in [0.1, 0.15) is 29.7 Å². The van der Waals surface area contributed by atoms with Crippen molar-refractivity contribution in [1.82, 2.24) is 4.57 Å². The molecule has 23 heavy (non-hydrogen) atoms. The van der Waals surface area contributed by atoms with E-state index in [1.54, 1.807) is 0 Å². The van der Waals surface area contributed by atoms with Gasteiger partial charge >= 0.3 is 0 Å². The monoisotopic (exact) mass is 417 g/mol. The van der Waals surface area contributed by atoms with Crippen LogP contribution in [0.4, 0.5) is 0 Å². The van der Waals surface area contributed by atoms with E-state index in [1.165, 1.54) is 47.0 Å². The summed E-state index contributed by atoms with van der Waals surface area (Å²) in [4.78, 5) is 0. The van der Waals surface area contributed by atoms with E-state index in [9.17, 15) is 0 Å². The predicted molar refractivity (Wildman–Crippen MR) is 103 cm³/mol. The SMILES string of the molecule is ICn1c(COc2cccc3c2CCCC3)cc2ccccc21. The number of aryl methyl sites for hydroxylation is 1. The van der Waals surface area contributed by atoms with Crippen molar-refractivity contribution < 1.29 is 4.74 Å². The maximum Gasteiger partial charge on any atom is 0.128 e. The van der Waals surface area contributed by atoms with Crippen LogP contribution in [-0.4, -0.2) is 4.57 Å². The van der Waals surface area contributed by atoms with Gasteiger partial charge in [0.05, 0.1) is 10.2 Å². The molecule has 2 aromatic carbocycles. The van der Waals surface area contributed by atoms with E-state index in [1.807, 2.05) is 0 Å². The van der Waals surface area contributed by atoms with Crippen LogP contribution in [0.25, 0.3) is 10.9 Å². The minimum Gasteiger partial charge on any atom is -0.487 e. The molecule has 4 rings (SSSR count). The fourth-order valence-electron chi connectivity index (χ4n) is 3.56. The summed E-state index contributed by atoms with van der Waals surface area (Å²) in [5, 5.41) is 1.29. The molecule has 2 nitrogen and oxygen atoms in total. The van der Waals surface area contributed by atoms with Gasteiger partial charge in [0.2, 0.25) is 0 Å². The van der Waals surface area contributed by atoms with Gasteiger partial charge in [0.25, 0.3) is 0 Å². The van der Waals surface area contributed by atoms with E-state index in [2.05, 4.69) is 75.7 Å². The number of fused-ring (bicyclic) bond motifs is 2. The lowest BCUT2D eigenvalue weighted by Gasteiger charge is -2.19. The molecule has 0 aliphatic heterocycles. The number of nitrogens with zero attached hydrogens (tertiary/aromatic N) is 1. The molecule has 0 spiro atoms. The molecule has 1 aliphatic rings. The van der Waals surface area contributed by atoms with Crippen LogP contribution in [-0.2, 0) is 24.0 Å². The molecule has 0 saturated heterocycles. The average Bonchev–Trinajstić information content (AvgIpc) is 2.97. The summed E-state index contributed by atoms with van der Waals surface area (Å²) >= 11 is 2.42. The van der Waals surface area contributed by atoms with Crippen molar-refractivity contribution >= 4 is 33.5 Å². The number of ether oxygens (including phenoxy) is 1. The number of para-hydroxylation sites is 1. The molecular weight excluding hydrogens is 397 g/mol. The molecule has 0 fully saturated rings. The van der Waals surface area contributed by atoms with Crippen LogP contribution < -0.4 is 4.74 Å². The second-order valence-electron chi connectivity index (χ2n) is 6.13. The van der Waals surface area contributed by atoms with Gasteiger partial charge in [-0.1, -0.05) is 52.9 Å². The van der Waals surface area contributed by atoms with E-state index < -0.39 is 0 Å². The number of hydrogen-bond donors (Lipinski definition) is 0. The van der Waals surface area contributed by atoms with Crippen LogP contribution in [0.5, 0.6) is 5.75 Å². The Labute approximate surface area is 150 Å². The highest BCUT2D eigenvalue weighted by Gasteiger charge is 2.15. The first-order valence-corrected chi connectivity index (χ1v) is 9.76. The van der Waals surface area contributed by atoms with Gasteiger partial charge in [-0.15, -0.1) is 0 Å². The van der Waals surface area contributed by atoms with Crippen LogP contribution in [0.15, 0.2) is 48.5 Å². The molecule has 118 valence electrons. The third-order valence-corrected chi connectivity index (χ3v) is 5.43. The van der Waals surface area contributed by atoms with E-state index >= 15 is 0 Å². The van der Waals surface area contributed by atoms with Crippen molar-refractivity contribution in [3.8, 4) is 5.75 Å². The van der Waals surface area contributed by atoms with Crippen molar-refractivity contribution in [3.63, 3.8) is 0 Å². The lowest BCUT2D eigenvalue weighted by molar-refractivity contribution is 0.293. The van der Waals surface area contributed by atoms with Crippen LogP contribution in [0.2, 0.25) is 0 Å². The zero-order chi connectivity index (χ0) is 15.6. The molecule has 0 N–H and O–H groups in total. The second-order valence-corrected chi connectivity index (χ2v) is 6.81. The van der Waals surface area contributed by atoms with E-state index in [4.69, 9.17) is 4.74 Å². The summed E-state index contributed by atoms with van der Waals surface area (Å²) in [6.07, 6.45) is 4.93. The van der Waals surface area contributed by atoms with Gasteiger partial charge < -0.3 is 9.30 Å². The van der Waals surface area contributed by atoms with Crippen molar-refractivity contribution in [3.05, 3.63) is 65.4 Å². The smallest absolute Gasteiger partial charge is 0.128 e. The fourth-order valence-corrected chi connectivity index (χ4v) is 4.37. The Hall–Kier alpha value is -1.49. The Balaban J connectivity index is 1.62. The summed E-state index contributed by atoms with van der Waals surface area (Å²) in [7, 11) is 0. The van der Waals surface area contributed by atoms with E-state index in [-0.39, 0.29) is 0 Å². The molecule has 0 atom stereocenters. The molecule has 0 saturated carbocycles. The van der Waals surface area contributed by atoms with Crippen LogP contribution >= 0.6 is 22.6 Å². The first kappa shape index (κ1) is 15.1. The van der Waals surface area contributed by atoms with Gasteiger partial charge in [-0.2, -0.15) is 0 Å². The fraction of sp³-hybridized carbons (Fsp3) is 0.300. The van der Waals surface area contributed by atoms with Gasteiger partial charge in [-0.3, -0.25) is 0 Å². The molecule has 3 aromatic rings. The number of rotatable bonds is 4. The zero-order valence-corrected chi connectivity index (χ0v) is 15.3. The third kappa shape index (κ3) is 2.87. The minimum atomic E-state index is 0.633. The van der Waals surface area contributed by atoms with Gasteiger partial charge in [0, 0.05) is 10.9 Å². The van der Waals surface area contributed by atoms with Gasteiger partial charge in [-0.25, -0.2) is 0 Å². The molecule has 1 heterocycles. The number of halogens is 1. The topological polar surface area (TPSA) is 14.2 Å². The van der Waals surface area contributed by atoms with Crippen LogP contribution in [0.3, 0.4) is 0 Å². The molecular formula is C20H20INO. The summed E-state index contributed by atoms with van der Waals surface area (Å²) < 4.78 is 9.52.